The van der Waals surface area contributed by atoms with E-state index < -0.39 is 0 Å². The van der Waals surface area contributed by atoms with Gasteiger partial charge in [0, 0.05) is 17.6 Å². The highest BCUT2D eigenvalue weighted by molar-refractivity contribution is 9.11. The molecule has 0 heterocycles. The lowest BCUT2D eigenvalue weighted by atomic mass is 10.4. The van der Waals surface area contributed by atoms with Gasteiger partial charge in [0.05, 0.1) is 13.5 Å². The molecule has 0 amide bonds. The number of halogens is 1. The minimum absolute atomic E-state index is 0.179. The number of carbonyl (C=O) groups is 1. The van der Waals surface area contributed by atoms with Crippen LogP contribution < -0.4 is 0 Å². The van der Waals surface area contributed by atoms with E-state index in [0.29, 0.717) is 13.0 Å². The predicted octanol–water partition coefficient (Wildman–Crippen LogP) is 1.39. The second kappa shape index (κ2) is 6.20. The van der Waals surface area contributed by atoms with E-state index in [4.69, 9.17) is 0 Å². The number of likely N-dealkylation sites (N-methyl/N-ethyl adjacent to an activating group) is 1. The van der Waals surface area contributed by atoms with Crippen molar-refractivity contribution < 1.29 is 9.53 Å². The van der Waals surface area contributed by atoms with Gasteiger partial charge in [0.1, 0.15) is 0 Å². The standard InChI is InChI=1S/C8H14BrNO2/c1-7(9)6-10(2)5-4-8(11)12-3/h1,4-6H2,2-3H3. The zero-order chi connectivity index (χ0) is 9.56. The number of nitrogens with zero attached hydrogens (tertiary/aromatic N) is 1. The number of esters is 1. The molecule has 70 valence electrons. The molecule has 3 nitrogen and oxygen atoms in total. The number of rotatable bonds is 5. The Kier molecular flexibility index (Phi) is 6.02. The Hall–Kier alpha value is -0.350. The molecule has 0 aliphatic rings. The maximum absolute atomic E-state index is 10.7. The molecule has 0 aromatic rings. The average Bonchev–Trinajstić information content (AvgIpc) is 1.99. The molecule has 0 spiro atoms. The maximum atomic E-state index is 10.7. The molecule has 0 saturated heterocycles. The molecule has 0 bridgehead atoms. The monoisotopic (exact) mass is 235 g/mol. The van der Waals surface area contributed by atoms with Crippen molar-refractivity contribution >= 4 is 21.9 Å². The van der Waals surface area contributed by atoms with Crippen LogP contribution in [0.2, 0.25) is 0 Å². The summed E-state index contributed by atoms with van der Waals surface area (Å²) in [5, 5.41) is 0. The third-order valence-electron chi connectivity index (χ3n) is 1.37. The minimum Gasteiger partial charge on any atom is -0.469 e. The molecule has 0 aromatic carbocycles. The van der Waals surface area contributed by atoms with E-state index in [9.17, 15) is 4.79 Å². The average molecular weight is 236 g/mol. The summed E-state index contributed by atoms with van der Waals surface area (Å²) in [7, 11) is 3.32. The summed E-state index contributed by atoms with van der Waals surface area (Å²) in [5.41, 5.74) is 0. The molecule has 0 atom stereocenters. The molecule has 0 fully saturated rings. The van der Waals surface area contributed by atoms with Crippen molar-refractivity contribution in [2.24, 2.45) is 0 Å². The molecule has 0 aliphatic heterocycles. The number of carbonyl (C=O) groups excluding carboxylic acids is 1. The summed E-state index contributed by atoms with van der Waals surface area (Å²) in [4.78, 5) is 12.7. The van der Waals surface area contributed by atoms with Crippen LogP contribution in [0.15, 0.2) is 11.1 Å². The van der Waals surface area contributed by atoms with E-state index in [0.717, 1.165) is 11.0 Å². The fraction of sp³-hybridized carbons (Fsp3) is 0.625. The summed E-state index contributed by atoms with van der Waals surface area (Å²) >= 11 is 3.25. The fourth-order valence-corrected chi connectivity index (χ4v) is 1.18. The molecule has 0 radical (unpaired) electrons. The van der Waals surface area contributed by atoms with E-state index in [1.165, 1.54) is 7.11 Å². The topological polar surface area (TPSA) is 29.5 Å². The SMILES string of the molecule is C=C(Br)CN(C)CCC(=O)OC. The van der Waals surface area contributed by atoms with Gasteiger partial charge in [-0.05, 0) is 7.05 Å². The van der Waals surface area contributed by atoms with Crippen molar-refractivity contribution in [1.29, 1.82) is 0 Å². The van der Waals surface area contributed by atoms with Gasteiger partial charge in [-0.25, -0.2) is 0 Å². The summed E-state index contributed by atoms with van der Waals surface area (Å²) in [6, 6.07) is 0. The van der Waals surface area contributed by atoms with Gasteiger partial charge < -0.3 is 9.64 Å². The van der Waals surface area contributed by atoms with Crippen molar-refractivity contribution in [1.82, 2.24) is 4.90 Å². The molecule has 0 aromatic heterocycles. The smallest absolute Gasteiger partial charge is 0.306 e. The van der Waals surface area contributed by atoms with Crippen LogP contribution in [0, 0.1) is 0 Å². The molecule has 0 unspecified atom stereocenters. The van der Waals surface area contributed by atoms with Gasteiger partial charge in [-0.3, -0.25) is 4.79 Å². The Labute approximate surface area is 81.5 Å². The largest absolute Gasteiger partial charge is 0.469 e. The first-order valence-electron chi connectivity index (χ1n) is 3.65. The number of hydrogen-bond donors (Lipinski definition) is 0. The Morgan fingerprint density at radius 3 is 2.67 bits per heavy atom. The molecule has 0 aliphatic carbocycles. The van der Waals surface area contributed by atoms with Crippen molar-refractivity contribution in [3.63, 3.8) is 0 Å². The number of methoxy groups -OCH3 is 1. The highest BCUT2D eigenvalue weighted by atomic mass is 79.9. The fourth-order valence-electron chi connectivity index (χ4n) is 0.756. The Balaban J connectivity index is 3.50. The Morgan fingerprint density at radius 1 is 1.67 bits per heavy atom. The number of ether oxygens (including phenoxy) is 1. The molecule has 0 saturated carbocycles. The normalized spacial score (nSPS) is 10.0. The zero-order valence-corrected chi connectivity index (χ0v) is 9.06. The lowest BCUT2D eigenvalue weighted by molar-refractivity contribution is -0.140. The van der Waals surface area contributed by atoms with Gasteiger partial charge in [-0.2, -0.15) is 0 Å². The van der Waals surface area contributed by atoms with Crippen LogP contribution in [-0.2, 0) is 9.53 Å². The minimum atomic E-state index is -0.179. The van der Waals surface area contributed by atoms with Crippen LogP contribution in [-0.4, -0.2) is 38.1 Å². The first-order chi connectivity index (χ1) is 5.56. The molecule has 4 heteroatoms. The molecular weight excluding hydrogens is 222 g/mol. The summed E-state index contributed by atoms with van der Waals surface area (Å²) in [6.45, 7) is 5.14. The summed E-state index contributed by atoms with van der Waals surface area (Å²) in [6.07, 6.45) is 0.424. The molecule has 0 rings (SSSR count). The third-order valence-corrected chi connectivity index (χ3v) is 1.62. The Bertz CT molecular complexity index is 170. The quantitative estimate of drug-likeness (QED) is 0.675. The summed E-state index contributed by atoms with van der Waals surface area (Å²) in [5.74, 6) is -0.179. The van der Waals surface area contributed by atoms with Gasteiger partial charge in [-0.1, -0.05) is 22.5 Å². The lowest BCUT2D eigenvalue weighted by Crippen LogP contribution is -2.23. The van der Waals surface area contributed by atoms with Gasteiger partial charge in [0.25, 0.3) is 0 Å². The van der Waals surface area contributed by atoms with Crippen LogP contribution in [0.5, 0.6) is 0 Å². The molecule has 0 N–H and O–H groups in total. The number of hydrogen-bond acceptors (Lipinski definition) is 3. The third kappa shape index (κ3) is 6.37. The van der Waals surface area contributed by atoms with Crippen LogP contribution in [0.3, 0.4) is 0 Å². The van der Waals surface area contributed by atoms with Crippen LogP contribution in [0.1, 0.15) is 6.42 Å². The lowest BCUT2D eigenvalue weighted by Gasteiger charge is -2.14. The van der Waals surface area contributed by atoms with Gasteiger partial charge in [-0.15, -0.1) is 0 Å². The second-order valence-electron chi connectivity index (χ2n) is 2.58. The van der Waals surface area contributed by atoms with Crippen molar-refractivity contribution in [2.45, 2.75) is 6.42 Å². The predicted molar refractivity (Wildman–Crippen MR) is 52.2 cm³/mol. The van der Waals surface area contributed by atoms with E-state index in [1.54, 1.807) is 0 Å². The van der Waals surface area contributed by atoms with Gasteiger partial charge >= 0.3 is 5.97 Å². The second-order valence-corrected chi connectivity index (χ2v) is 3.70. The van der Waals surface area contributed by atoms with Gasteiger partial charge in [0.2, 0.25) is 0 Å². The molecular formula is C8H14BrNO2. The van der Waals surface area contributed by atoms with Crippen molar-refractivity contribution in [3.8, 4) is 0 Å². The Morgan fingerprint density at radius 2 is 2.25 bits per heavy atom. The van der Waals surface area contributed by atoms with E-state index in [2.05, 4.69) is 27.2 Å². The molecule has 12 heavy (non-hydrogen) atoms. The van der Waals surface area contributed by atoms with Gasteiger partial charge in [0.15, 0.2) is 0 Å². The van der Waals surface area contributed by atoms with E-state index in [-0.39, 0.29) is 5.97 Å². The highest BCUT2D eigenvalue weighted by Crippen LogP contribution is 2.02. The first kappa shape index (κ1) is 11.6. The zero-order valence-electron chi connectivity index (χ0n) is 7.47. The van der Waals surface area contributed by atoms with Crippen LogP contribution in [0.25, 0.3) is 0 Å². The highest BCUT2D eigenvalue weighted by Gasteiger charge is 2.03. The first-order valence-corrected chi connectivity index (χ1v) is 4.44. The maximum Gasteiger partial charge on any atom is 0.306 e. The van der Waals surface area contributed by atoms with Crippen molar-refractivity contribution in [3.05, 3.63) is 11.1 Å². The van der Waals surface area contributed by atoms with Crippen LogP contribution in [0.4, 0.5) is 0 Å². The van der Waals surface area contributed by atoms with Crippen LogP contribution >= 0.6 is 15.9 Å². The summed E-state index contributed by atoms with van der Waals surface area (Å²) < 4.78 is 5.42. The van der Waals surface area contributed by atoms with E-state index >= 15 is 0 Å². The van der Waals surface area contributed by atoms with E-state index in [1.807, 2.05) is 11.9 Å². The van der Waals surface area contributed by atoms with Crippen molar-refractivity contribution in [2.75, 3.05) is 27.2 Å².